The zero-order valence-corrected chi connectivity index (χ0v) is 15.9. The van der Waals surface area contributed by atoms with Gasteiger partial charge in [0.2, 0.25) is 0 Å². The summed E-state index contributed by atoms with van der Waals surface area (Å²) in [5.74, 6) is 0.533. The number of pyridine rings is 1. The fourth-order valence-electron chi connectivity index (χ4n) is 2.90. The van der Waals surface area contributed by atoms with Gasteiger partial charge in [0.25, 0.3) is 0 Å². The monoisotopic (exact) mass is 379 g/mol. The van der Waals surface area contributed by atoms with Crippen molar-refractivity contribution in [1.82, 2.24) is 20.1 Å². The van der Waals surface area contributed by atoms with Gasteiger partial charge in [0.1, 0.15) is 5.82 Å². The lowest BCUT2D eigenvalue weighted by Gasteiger charge is -2.09. The number of urea groups is 1. The van der Waals surface area contributed by atoms with Gasteiger partial charge >= 0.3 is 6.03 Å². The molecule has 0 unspecified atom stereocenters. The average Bonchev–Trinajstić information content (AvgIpc) is 3.11. The van der Waals surface area contributed by atoms with Gasteiger partial charge in [-0.15, -0.1) is 0 Å². The molecule has 0 aliphatic carbocycles. The summed E-state index contributed by atoms with van der Waals surface area (Å²) in [5.41, 5.74) is 3.91. The molecule has 0 saturated heterocycles. The molecular weight excluding hydrogens is 354 g/mol. The van der Waals surface area contributed by atoms with E-state index in [2.05, 4.69) is 39.8 Å². The van der Waals surface area contributed by atoms with Gasteiger partial charge in [0, 0.05) is 30.6 Å². The van der Waals surface area contributed by atoms with Gasteiger partial charge in [-0.05, 0) is 23.6 Å². The molecule has 28 heavy (non-hydrogen) atoms. The Morgan fingerprint density at radius 3 is 2.68 bits per heavy atom. The fraction of sp³-hybridized carbons (Fsp3) is 0.286. The number of carbonyl (C=O) groups is 1. The molecule has 7 heteroatoms. The number of hydrogen-bond acceptors (Lipinski definition) is 4. The van der Waals surface area contributed by atoms with Crippen LogP contribution in [0.5, 0.6) is 0 Å². The molecule has 3 rings (SSSR count). The molecule has 0 atom stereocenters. The lowest BCUT2D eigenvalue weighted by atomic mass is 10.1. The molecular formula is C21H25N5O2. The molecule has 0 saturated carbocycles. The number of hydrogen-bond donors (Lipinski definition) is 3. The smallest absolute Gasteiger partial charge is 0.320 e. The van der Waals surface area contributed by atoms with Gasteiger partial charge in [0.05, 0.1) is 18.8 Å². The standard InChI is InChI=1S/C21H25N5O2/c1-2-4-16-6-8-18(9-7-16)19-13-20(26(25-19)11-12-27)24-21(28)23-15-17-5-3-10-22-14-17/h3,5-10,13-14,27H,2,4,11-12,15H2,1H3,(H2,23,24,28). The Labute approximate surface area is 164 Å². The van der Waals surface area contributed by atoms with Crippen molar-refractivity contribution >= 4 is 11.8 Å². The molecule has 2 aromatic heterocycles. The molecule has 2 heterocycles. The van der Waals surface area contributed by atoms with E-state index in [9.17, 15) is 9.90 Å². The Morgan fingerprint density at radius 2 is 2.00 bits per heavy atom. The van der Waals surface area contributed by atoms with E-state index >= 15 is 0 Å². The maximum atomic E-state index is 12.3. The fourth-order valence-corrected chi connectivity index (χ4v) is 2.90. The summed E-state index contributed by atoms with van der Waals surface area (Å²) in [6.45, 7) is 2.76. The first-order valence-electron chi connectivity index (χ1n) is 9.41. The normalized spacial score (nSPS) is 10.6. The van der Waals surface area contributed by atoms with Crippen LogP contribution in [0.25, 0.3) is 11.3 Å². The molecule has 0 bridgehead atoms. The van der Waals surface area contributed by atoms with Crippen molar-refractivity contribution in [3.05, 3.63) is 66.0 Å². The molecule has 0 fully saturated rings. The van der Waals surface area contributed by atoms with Crippen LogP contribution in [-0.2, 0) is 19.5 Å². The Hall–Kier alpha value is -3.19. The lowest BCUT2D eigenvalue weighted by Crippen LogP contribution is -2.29. The molecule has 0 aliphatic heterocycles. The first-order chi connectivity index (χ1) is 13.7. The van der Waals surface area contributed by atoms with Gasteiger partial charge in [-0.25, -0.2) is 9.48 Å². The topological polar surface area (TPSA) is 92.1 Å². The van der Waals surface area contributed by atoms with Crippen molar-refractivity contribution < 1.29 is 9.90 Å². The maximum Gasteiger partial charge on any atom is 0.320 e. The van der Waals surface area contributed by atoms with Crippen LogP contribution in [0.3, 0.4) is 0 Å². The summed E-state index contributed by atoms with van der Waals surface area (Å²) in [6, 6.07) is 13.4. The Morgan fingerprint density at radius 1 is 1.18 bits per heavy atom. The van der Waals surface area contributed by atoms with E-state index in [0.717, 1.165) is 29.7 Å². The molecule has 2 amide bonds. The highest BCUT2D eigenvalue weighted by Crippen LogP contribution is 2.23. The summed E-state index contributed by atoms with van der Waals surface area (Å²) in [6.07, 6.45) is 5.54. The van der Waals surface area contributed by atoms with E-state index in [1.165, 1.54) is 5.56 Å². The average molecular weight is 379 g/mol. The van der Waals surface area contributed by atoms with Crippen molar-refractivity contribution in [2.24, 2.45) is 0 Å². The second-order valence-corrected chi connectivity index (χ2v) is 6.48. The van der Waals surface area contributed by atoms with Gasteiger partial charge in [-0.2, -0.15) is 5.10 Å². The summed E-state index contributed by atoms with van der Waals surface area (Å²) in [7, 11) is 0. The van der Waals surface area contributed by atoms with E-state index in [4.69, 9.17) is 0 Å². The van der Waals surface area contributed by atoms with E-state index in [0.29, 0.717) is 18.9 Å². The van der Waals surface area contributed by atoms with Crippen LogP contribution in [-0.4, -0.2) is 32.5 Å². The first-order valence-corrected chi connectivity index (χ1v) is 9.41. The summed E-state index contributed by atoms with van der Waals surface area (Å²) in [4.78, 5) is 16.3. The summed E-state index contributed by atoms with van der Waals surface area (Å²) in [5, 5.41) is 19.4. The quantitative estimate of drug-likeness (QED) is 0.560. The number of nitrogens with one attached hydrogen (secondary N) is 2. The minimum atomic E-state index is -0.340. The number of anilines is 1. The predicted octanol–water partition coefficient (Wildman–Crippen LogP) is 3.21. The number of nitrogens with zero attached hydrogens (tertiary/aromatic N) is 3. The van der Waals surface area contributed by atoms with Crippen LogP contribution >= 0.6 is 0 Å². The first kappa shape index (κ1) is 19.6. The zero-order valence-electron chi connectivity index (χ0n) is 15.9. The van der Waals surface area contributed by atoms with E-state index in [-0.39, 0.29) is 12.6 Å². The Kier molecular flexibility index (Phi) is 6.75. The van der Waals surface area contributed by atoms with Crippen LogP contribution in [0.4, 0.5) is 10.6 Å². The number of benzene rings is 1. The van der Waals surface area contributed by atoms with Gasteiger partial charge in [-0.1, -0.05) is 43.7 Å². The van der Waals surface area contributed by atoms with Crippen LogP contribution in [0.1, 0.15) is 24.5 Å². The Bertz CT molecular complexity index is 891. The highest BCUT2D eigenvalue weighted by atomic mass is 16.3. The number of aliphatic hydroxyl groups excluding tert-OH is 1. The van der Waals surface area contributed by atoms with Crippen molar-refractivity contribution in [1.29, 1.82) is 0 Å². The van der Waals surface area contributed by atoms with Gasteiger partial charge < -0.3 is 10.4 Å². The van der Waals surface area contributed by atoms with Gasteiger partial charge in [-0.3, -0.25) is 10.3 Å². The molecule has 0 radical (unpaired) electrons. The maximum absolute atomic E-state index is 12.3. The van der Waals surface area contributed by atoms with Crippen LogP contribution in [0.2, 0.25) is 0 Å². The third-order valence-corrected chi connectivity index (χ3v) is 4.30. The van der Waals surface area contributed by atoms with E-state index in [1.807, 2.05) is 30.3 Å². The number of rotatable bonds is 8. The zero-order chi connectivity index (χ0) is 19.8. The van der Waals surface area contributed by atoms with Crippen molar-refractivity contribution in [3.63, 3.8) is 0 Å². The van der Waals surface area contributed by atoms with Gasteiger partial charge in [0.15, 0.2) is 0 Å². The summed E-state index contributed by atoms with van der Waals surface area (Å²) < 4.78 is 1.60. The number of carbonyl (C=O) groups excluding carboxylic acids is 1. The van der Waals surface area contributed by atoms with Crippen LogP contribution in [0, 0.1) is 0 Å². The third-order valence-electron chi connectivity index (χ3n) is 4.30. The molecule has 7 nitrogen and oxygen atoms in total. The van der Waals surface area contributed by atoms with Crippen molar-refractivity contribution in [2.45, 2.75) is 32.9 Å². The molecule has 3 N–H and O–H groups in total. The van der Waals surface area contributed by atoms with E-state index in [1.54, 1.807) is 17.1 Å². The number of aryl methyl sites for hydroxylation is 1. The molecule has 3 aromatic rings. The second kappa shape index (κ2) is 9.66. The van der Waals surface area contributed by atoms with Crippen molar-refractivity contribution in [3.8, 4) is 11.3 Å². The van der Waals surface area contributed by atoms with Crippen LogP contribution in [0.15, 0.2) is 54.9 Å². The number of aromatic nitrogens is 3. The largest absolute Gasteiger partial charge is 0.394 e. The molecule has 0 aliphatic rings. The predicted molar refractivity (Wildman–Crippen MR) is 109 cm³/mol. The molecule has 0 spiro atoms. The SMILES string of the molecule is CCCc1ccc(-c2cc(NC(=O)NCc3cccnc3)n(CCO)n2)cc1. The van der Waals surface area contributed by atoms with Crippen LogP contribution < -0.4 is 10.6 Å². The third kappa shape index (κ3) is 5.17. The second-order valence-electron chi connectivity index (χ2n) is 6.48. The van der Waals surface area contributed by atoms with E-state index < -0.39 is 0 Å². The highest BCUT2D eigenvalue weighted by molar-refractivity contribution is 5.89. The minimum absolute atomic E-state index is 0.0669. The molecule has 146 valence electrons. The summed E-state index contributed by atoms with van der Waals surface area (Å²) >= 11 is 0. The number of aliphatic hydroxyl groups is 1. The minimum Gasteiger partial charge on any atom is -0.394 e. The van der Waals surface area contributed by atoms with Crippen molar-refractivity contribution in [2.75, 3.05) is 11.9 Å². The lowest BCUT2D eigenvalue weighted by molar-refractivity contribution is 0.250. The number of amides is 2. The Balaban J connectivity index is 1.70. The molecule has 1 aromatic carbocycles. The highest BCUT2D eigenvalue weighted by Gasteiger charge is 2.12.